The summed E-state index contributed by atoms with van der Waals surface area (Å²) >= 11 is 7.22. The van der Waals surface area contributed by atoms with Gasteiger partial charge in [0, 0.05) is 9.90 Å². The number of benzene rings is 1. The molecule has 0 radical (unpaired) electrons. The van der Waals surface area contributed by atoms with Crippen LogP contribution >= 0.6 is 22.9 Å². The highest BCUT2D eigenvalue weighted by Crippen LogP contribution is 2.26. The third-order valence-electron chi connectivity index (χ3n) is 2.95. The highest BCUT2D eigenvalue weighted by atomic mass is 35.5. The van der Waals surface area contributed by atoms with Crippen LogP contribution in [0.25, 0.3) is 0 Å². The largest absolute Gasteiger partial charge is 0.392 e. The van der Waals surface area contributed by atoms with Crippen LogP contribution in [0.15, 0.2) is 23.1 Å². The van der Waals surface area contributed by atoms with Crippen LogP contribution < -0.4 is 4.72 Å². The minimum atomic E-state index is -3.74. The molecule has 0 unspecified atom stereocenters. The number of hydrogen-bond donors (Lipinski definition) is 2. The maximum Gasteiger partial charge on any atom is 0.263 e. The molecule has 0 aliphatic carbocycles. The molecule has 114 valence electrons. The van der Waals surface area contributed by atoms with Gasteiger partial charge in [-0.25, -0.2) is 13.4 Å². The lowest BCUT2D eigenvalue weighted by Gasteiger charge is -2.07. The van der Waals surface area contributed by atoms with E-state index in [2.05, 4.69) is 9.71 Å². The molecule has 0 spiro atoms. The molecule has 21 heavy (non-hydrogen) atoms. The third-order valence-corrected chi connectivity index (χ3v) is 5.70. The van der Waals surface area contributed by atoms with Gasteiger partial charge in [0.25, 0.3) is 10.0 Å². The highest BCUT2D eigenvalue weighted by Gasteiger charge is 2.18. The number of nitrogens with one attached hydrogen (secondary N) is 1. The van der Waals surface area contributed by atoms with Crippen LogP contribution in [0.1, 0.15) is 23.1 Å². The van der Waals surface area contributed by atoms with Crippen molar-refractivity contribution in [1.82, 2.24) is 4.98 Å². The smallest absolute Gasteiger partial charge is 0.263 e. The fraction of sp³-hybridized carbons (Fsp3) is 0.308. The van der Waals surface area contributed by atoms with Crippen molar-refractivity contribution >= 4 is 38.1 Å². The maximum absolute atomic E-state index is 12.3. The summed E-state index contributed by atoms with van der Waals surface area (Å²) < 4.78 is 27.0. The number of aliphatic hydroxyl groups is 1. The van der Waals surface area contributed by atoms with Gasteiger partial charge in [-0.15, -0.1) is 11.3 Å². The molecule has 0 saturated heterocycles. The summed E-state index contributed by atoms with van der Waals surface area (Å²) in [7, 11) is -3.74. The molecule has 2 N–H and O–H groups in total. The second-order valence-corrected chi connectivity index (χ2v) is 7.69. The first-order chi connectivity index (χ1) is 9.87. The van der Waals surface area contributed by atoms with E-state index in [4.69, 9.17) is 16.7 Å². The zero-order valence-electron chi connectivity index (χ0n) is 11.6. The Balaban J connectivity index is 2.31. The number of sulfonamides is 1. The van der Waals surface area contributed by atoms with Gasteiger partial charge in [0.1, 0.15) is 0 Å². The number of aryl methyl sites for hydroxylation is 2. The Morgan fingerprint density at radius 2 is 2.14 bits per heavy atom. The highest BCUT2D eigenvalue weighted by molar-refractivity contribution is 7.93. The predicted molar refractivity (Wildman–Crippen MR) is 84.4 cm³/mol. The van der Waals surface area contributed by atoms with Crippen molar-refractivity contribution < 1.29 is 13.5 Å². The van der Waals surface area contributed by atoms with E-state index in [1.54, 1.807) is 0 Å². The molecule has 0 aliphatic rings. The summed E-state index contributed by atoms with van der Waals surface area (Å²) in [4.78, 5) is 5.28. The Morgan fingerprint density at radius 1 is 1.43 bits per heavy atom. The Bertz CT molecular complexity index is 757. The van der Waals surface area contributed by atoms with Crippen molar-refractivity contribution in [1.29, 1.82) is 0 Å². The van der Waals surface area contributed by atoms with E-state index in [0.717, 1.165) is 17.0 Å². The number of anilines is 1. The van der Waals surface area contributed by atoms with Gasteiger partial charge in [-0.2, -0.15) is 0 Å². The molecular weight excluding hydrogens is 332 g/mol. The van der Waals surface area contributed by atoms with Crippen LogP contribution in [0.3, 0.4) is 0 Å². The summed E-state index contributed by atoms with van der Waals surface area (Å²) in [6.07, 6.45) is 0.751. The molecule has 8 heteroatoms. The Morgan fingerprint density at radius 3 is 2.67 bits per heavy atom. The molecular formula is C13H15ClN2O3S2. The zero-order valence-corrected chi connectivity index (χ0v) is 13.9. The molecule has 2 aromatic rings. The van der Waals surface area contributed by atoms with Gasteiger partial charge in [-0.3, -0.25) is 4.72 Å². The van der Waals surface area contributed by atoms with Crippen molar-refractivity contribution in [2.24, 2.45) is 0 Å². The van der Waals surface area contributed by atoms with E-state index in [9.17, 15) is 8.42 Å². The molecule has 0 atom stereocenters. The van der Waals surface area contributed by atoms with E-state index < -0.39 is 10.0 Å². The van der Waals surface area contributed by atoms with E-state index in [-0.39, 0.29) is 16.5 Å². The van der Waals surface area contributed by atoms with Crippen molar-refractivity contribution in [3.8, 4) is 0 Å². The first kappa shape index (κ1) is 16.2. The van der Waals surface area contributed by atoms with E-state index in [0.29, 0.717) is 10.7 Å². The first-order valence-corrected chi connectivity index (χ1v) is 8.93. The molecule has 1 aromatic carbocycles. The van der Waals surface area contributed by atoms with Crippen molar-refractivity contribution in [3.63, 3.8) is 0 Å². The van der Waals surface area contributed by atoms with E-state index in [1.807, 2.05) is 13.8 Å². The lowest BCUT2D eigenvalue weighted by molar-refractivity contribution is 0.282. The summed E-state index contributed by atoms with van der Waals surface area (Å²) in [5.74, 6) is 0. The summed E-state index contributed by atoms with van der Waals surface area (Å²) in [6, 6.07) is 4.21. The lowest BCUT2D eigenvalue weighted by Crippen LogP contribution is -2.13. The van der Waals surface area contributed by atoms with Crippen molar-refractivity contribution in [3.05, 3.63) is 39.4 Å². The normalized spacial score (nSPS) is 11.6. The van der Waals surface area contributed by atoms with E-state index in [1.165, 1.54) is 29.5 Å². The van der Waals surface area contributed by atoms with Gasteiger partial charge < -0.3 is 5.11 Å². The standard InChI is InChI=1S/C13H15ClN2O3S2/c1-3-12-8(2)20-13(15-12)16-21(18,19)10-5-4-9(7-17)11(14)6-10/h4-6,17H,3,7H2,1-2H3,(H,15,16). The van der Waals surface area contributed by atoms with E-state index >= 15 is 0 Å². The molecule has 0 amide bonds. The van der Waals surface area contributed by atoms with Crippen LogP contribution in [0.2, 0.25) is 5.02 Å². The topological polar surface area (TPSA) is 79.3 Å². The molecule has 0 fully saturated rings. The van der Waals surface area contributed by atoms with Crippen LogP contribution in [-0.2, 0) is 23.1 Å². The average molecular weight is 347 g/mol. The number of aliphatic hydroxyl groups excluding tert-OH is 1. The summed E-state index contributed by atoms with van der Waals surface area (Å²) in [6.45, 7) is 3.63. The number of halogens is 1. The van der Waals surface area contributed by atoms with Crippen molar-refractivity contribution in [2.75, 3.05) is 4.72 Å². The Kier molecular flexibility index (Phi) is 4.88. The SMILES string of the molecule is CCc1nc(NS(=O)(=O)c2ccc(CO)c(Cl)c2)sc1C. The number of rotatable bonds is 5. The second-order valence-electron chi connectivity index (χ2n) is 4.39. The van der Waals surface area contributed by atoms with Crippen LogP contribution in [0.4, 0.5) is 5.13 Å². The Hall–Kier alpha value is -1.15. The van der Waals surface area contributed by atoms with Crippen LogP contribution in [-0.4, -0.2) is 18.5 Å². The molecule has 0 bridgehead atoms. The lowest BCUT2D eigenvalue weighted by atomic mass is 10.2. The Labute approximate surface area is 132 Å². The number of thiazole rings is 1. The number of hydrogen-bond acceptors (Lipinski definition) is 5. The van der Waals surface area contributed by atoms with Gasteiger partial charge >= 0.3 is 0 Å². The molecule has 5 nitrogen and oxygen atoms in total. The number of nitrogens with zero attached hydrogens (tertiary/aromatic N) is 1. The summed E-state index contributed by atoms with van der Waals surface area (Å²) in [5.41, 5.74) is 1.36. The molecule has 1 heterocycles. The zero-order chi connectivity index (χ0) is 15.6. The second kappa shape index (κ2) is 6.31. The van der Waals surface area contributed by atoms with Crippen molar-refractivity contribution in [2.45, 2.75) is 31.8 Å². The fourth-order valence-electron chi connectivity index (χ4n) is 1.80. The average Bonchev–Trinajstić information content (AvgIpc) is 2.77. The van der Waals surface area contributed by atoms with Gasteiger partial charge in [-0.05, 0) is 31.0 Å². The fourth-order valence-corrected chi connectivity index (χ4v) is 4.27. The quantitative estimate of drug-likeness (QED) is 0.872. The monoisotopic (exact) mass is 346 g/mol. The van der Waals surface area contributed by atoms with Gasteiger partial charge in [0.15, 0.2) is 5.13 Å². The molecule has 0 saturated carbocycles. The summed E-state index contributed by atoms with van der Waals surface area (Å²) in [5, 5.41) is 9.60. The number of aromatic nitrogens is 1. The predicted octanol–water partition coefficient (Wildman–Crippen LogP) is 2.96. The van der Waals surface area contributed by atoms with Crippen LogP contribution in [0, 0.1) is 6.92 Å². The van der Waals surface area contributed by atoms with Gasteiger partial charge in [0.2, 0.25) is 0 Å². The third kappa shape index (κ3) is 3.55. The maximum atomic E-state index is 12.3. The van der Waals surface area contributed by atoms with Gasteiger partial charge in [-0.1, -0.05) is 24.6 Å². The van der Waals surface area contributed by atoms with Gasteiger partial charge in [0.05, 0.1) is 17.2 Å². The molecule has 0 aliphatic heterocycles. The molecule has 1 aromatic heterocycles. The minimum Gasteiger partial charge on any atom is -0.392 e. The minimum absolute atomic E-state index is 0.0376. The van der Waals surface area contributed by atoms with Crippen LogP contribution in [0.5, 0.6) is 0 Å². The first-order valence-electron chi connectivity index (χ1n) is 6.25. The molecule has 2 rings (SSSR count).